The Hall–Kier alpha value is -1.63. The zero-order valence-corrected chi connectivity index (χ0v) is 11.1. The molecule has 18 heavy (non-hydrogen) atoms. The summed E-state index contributed by atoms with van der Waals surface area (Å²) in [7, 11) is 0. The highest BCUT2D eigenvalue weighted by molar-refractivity contribution is 5.83. The molecule has 1 aromatic heterocycles. The fraction of sp³-hybridized carbons (Fsp3) is 0.727. The molecule has 1 aromatic rings. The van der Waals surface area contributed by atoms with Gasteiger partial charge >= 0.3 is 6.01 Å². The normalized spacial score (nSPS) is 12.2. The summed E-state index contributed by atoms with van der Waals surface area (Å²) in [6, 6.07) is -0.137. The van der Waals surface area contributed by atoms with Crippen molar-refractivity contribution < 1.29 is 9.21 Å². The Labute approximate surface area is 107 Å². The average molecular weight is 255 g/mol. The minimum Gasteiger partial charge on any atom is -0.408 e. The predicted octanol–water partition coefficient (Wildman–Crippen LogP) is 0.240. The summed E-state index contributed by atoms with van der Waals surface area (Å²) in [5.74, 6) is 0.487. The molecule has 1 amide bonds. The average Bonchev–Trinajstić information content (AvgIpc) is 2.78. The van der Waals surface area contributed by atoms with Crippen molar-refractivity contribution in [2.45, 2.75) is 33.2 Å². The molecule has 1 rings (SSSR count). The smallest absolute Gasteiger partial charge is 0.316 e. The van der Waals surface area contributed by atoms with Crippen LogP contribution in [0.4, 0.5) is 6.01 Å². The summed E-state index contributed by atoms with van der Waals surface area (Å²) < 4.78 is 5.31. The highest BCUT2D eigenvalue weighted by atomic mass is 16.4. The second-order valence-electron chi connectivity index (χ2n) is 3.92. The Morgan fingerprint density at radius 2 is 2.11 bits per heavy atom. The van der Waals surface area contributed by atoms with Gasteiger partial charge in [0.2, 0.25) is 11.8 Å². The molecular weight excluding hydrogens is 234 g/mol. The number of amides is 1. The third-order valence-electron chi connectivity index (χ3n) is 2.61. The van der Waals surface area contributed by atoms with E-state index < -0.39 is 6.04 Å². The first-order chi connectivity index (χ1) is 8.62. The lowest BCUT2D eigenvalue weighted by atomic mass is 10.3. The van der Waals surface area contributed by atoms with E-state index in [4.69, 9.17) is 10.2 Å². The maximum atomic E-state index is 12.0. The summed E-state index contributed by atoms with van der Waals surface area (Å²) in [4.78, 5) is 13.7. The predicted molar refractivity (Wildman–Crippen MR) is 68.1 cm³/mol. The van der Waals surface area contributed by atoms with Crippen LogP contribution in [-0.2, 0) is 11.2 Å². The van der Waals surface area contributed by atoms with Gasteiger partial charge in [0.1, 0.15) is 6.04 Å². The van der Waals surface area contributed by atoms with Gasteiger partial charge in [-0.3, -0.25) is 4.79 Å². The molecule has 102 valence electrons. The van der Waals surface area contributed by atoms with E-state index in [0.29, 0.717) is 31.9 Å². The Balaban J connectivity index is 2.57. The van der Waals surface area contributed by atoms with Crippen molar-refractivity contribution in [2.24, 2.45) is 5.73 Å². The minimum atomic E-state index is -0.393. The van der Waals surface area contributed by atoms with Gasteiger partial charge < -0.3 is 20.4 Å². The number of nitrogens with zero attached hydrogens (tertiary/aromatic N) is 3. The summed E-state index contributed by atoms with van der Waals surface area (Å²) >= 11 is 0. The number of rotatable bonds is 7. The van der Waals surface area contributed by atoms with Gasteiger partial charge in [-0.1, -0.05) is 5.10 Å². The zero-order chi connectivity index (χ0) is 13.5. The molecule has 0 fully saturated rings. The van der Waals surface area contributed by atoms with Crippen LogP contribution in [0.25, 0.3) is 0 Å². The quantitative estimate of drug-likeness (QED) is 0.724. The molecule has 0 saturated carbocycles. The lowest BCUT2D eigenvalue weighted by molar-refractivity contribution is -0.131. The number of nitrogens with two attached hydrogens (primary N) is 1. The number of aromatic nitrogens is 2. The number of hydrogen-bond donors (Lipinski definition) is 2. The van der Waals surface area contributed by atoms with Crippen LogP contribution >= 0.6 is 0 Å². The first-order valence-corrected chi connectivity index (χ1v) is 6.20. The van der Waals surface area contributed by atoms with Crippen molar-refractivity contribution in [1.82, 2.24) is 15.1 Å². The van der Waals surface area contributed by atoms with Crippen molar-refractivity contribution in [2.75, 3.05) is 25.0 Å². The molecule has 7 heteroatoms. The van der Waals surface area contributed by atoms with Gasteiger partial charge in [-0.05, 0) is 20.8 Å². The first-order valence-electron chi connectivity index (χ1n) is 6.20. The van der Waals surface area contributed by atoms with Gasteiger partial charge in [0.05, 0.1) is 0 Å². The molecule has 0 aliphatic heterocycles. The summed E-state index contributed by atoms with van der Waals surface area (Å²) in [6.07, 6.45) is 0.535. The van der Waals surface area contributed by atoms with Crippen LogP contribution in [0.3, 0.4) is 0 Å². The lowest BCUT2D eigenvalue weighted by Crippen LogP contribution is -2.41. The van der Waals surface area contributed by atoms with Gasteiger partial charge in [0.25, 0.3) is 0 Å². The van der Waals surface area contributed by atoms with Crippen molar-refractivity contribution in [1.29, 1.82) is 0 Å². The highest BCUT2D eigenvalue weighted by Gasteiger charge is 2.19. The standard InChI is InChI=1S/C11H21N5O2/c1-4-16(5-2)10(17)8(3)13-11-15-14-9(18-11)6-7-12/h8H,4-7,12H2,1-3H3,(H,13,15). The van der Waals surface area contributed by atoms with Crippen LogP contribution in [-0.4, -0.2) is 46.7 Å². The molecule has 0 aliphatic carbocycles. The highest BCUT2D eigenvalue weighted by Crippen LogP contribution is 2.08. The molecule has 0 saturated heterocycles. The molecule has 0 radical (unpaired) electrons. The summed E-state index contributed by atoms with van der Waals surface area (Å²) in [6.45, 7) is 7.48. The van der Waals surface area contributed by atoms with E-state index in [1.807, 2.05) is 13.8 Å². The van der Waals surface area contributed by atoms with Gasteiger partial charge in [0.15, 0.2) is 0 Å². The maximum absolute atomic E-state index is 12.0. The van der Waals surface area contributed by atoms with Gasteiger partial charge in [-0.15, -0.1) is 5.10 Å². The van der Waals surface area contributed by atoms with Crippen molar-refractivity contribution in [3.05, 3.63) is 5.89 Å². The van der Waals surface area contributed by atoms with Crippen molar-refractivity contribution in [3.63, 3.8) is 0 Å². The molecule has 1 unspecified atom stereocenters. The number of nitrogens with one attached hydrogen (secondary N) is 1. The topological polar surface area (TPSA) is 97.3 Å². The second-order valence-corrected chi connectivity index (χ2v) is 3.92. The number of hydrogen-bond acceptors (Lipinski definition) is 6. The minimum absolute atomic E-state index is 0.0126. The van der Waals surface area contributed by atoms with E-state index in [0.717, 1.165) is 0 Å². The van der Waals surface area contributed by atoms with Crippen LogP contribution in [0.5, 0.6) is 0 Å². The van der Waals surface area contributed by atoms with Gasteiger partial charge in [-0.2, -0.15) is 0 Å². The third-order valence-corrected chi connectivity index (χ3v) is 2.61. The van der Waals surface area contributed by atoms with Crippen LogP contribution in [0, 0.1) is 0 Å². The Morgan fingerprint density at radius 1 is 1.44 bits per heavy atom. The Morgan fingerprint density at radius 3 is 2.67 bits per heavy atom. The monoisotopic (exact) mass is 255 g/mol. The molecule has 0 aromatic carbocycles. The van der Waals surface area contributed by atoms with E-state index in [2.05, 4.69) is 15.5 Å². The van der Waals surface area contributed by atoms with E-state index in [-0.39, 0.29) is 11.9 Å². The number of likely N-dealkylation sites (N-methyl/N-ethyl adjacent to an activating group) is 1. The fourth-order valence-electron chi connectivity index (χ4n) is 1.59. The van der Waals surface area contributed by atoms with Crippen LogP contribution in [0.2, 0.25) is 0 Å². The fourth-order valence-corrected chi connectivity index (χ4v) is 1.59. The molecule has 0 aliphatic rings. The van der Waals surface area contributed by atoms with Gasteiger partial charge in [-0.25, -0.2) is 0 Å². The molecule has 7 nitrogen and oxygen atoms in total. The Kier molecular flexibility index (Phi) is 5.57. The van der Waals surface area contributed by atoms with E-state index in [1.54, 1.807) is 11.8 Å². The zero-order valence-electron chi connectivity index (χ0n) is 11.1. The molecule has 0 spiro atoms. The molecular formula is C11H21N5O2. The van der Waals surface area contributed by atoms with E-state index >= 15 is 0 Å². The second kappa shape index (κ2) is 6.95. The number of anilines is 1. The maximum Gasteiger partial charge on any atom is 0.316 e. The van der Waals surface area contributed by atoms with Crippen LogP contribution < -0.4 is 11.1 Å². The third kappa shape index (κ3) is 3.69. The van der Waals surface area contributed by atoms with Crippen molar-refractivity contribution in [3.8, 4) is 0 Å². The molecule has 0 bridgehead atoms. The van der Waals surface area contributed by atoms with E-state index in [9.17, 15) is 4.79 Å². The number of carbonyl (C=O) groups excluding carboxylic acids is 1. The van der Waals surface area contributed by atoms with Crippen LogP contribution in [0.1, 0.15) is 26.7 Å². The van der Waals surface area contributed by atoms with Crippen molar-refractivity contribution >= 4 is 11.9 Å². The van der Waals surface area contributed by atoms with E-state index in [1.165, 1.54) is 0 Å². The molecule has 1 atom stereocenters. The lowest BCUT2D eigenvalue weighted by Gasteiger charge is -2.22. The summed E-state index contributed by atoms with van der Waals surface area (Å²) in [5, 5.41) is 10.5. The van der Waals surface area contributed by atoms with Gasteiger partial charge in [0, 0.05) is 26.1 Å². The number of carbonyl (C=O) groups is 1. The Bertz CT molecular complexity index is 375. The molecule has 1 heterocycles. The SMILES string of the molecule is CCN(CC)C(=O)C(C)Nc1nnc(CCN)o1. The molecule has 3 N–H and O–H groups in total. The summed E-state index contributed by atoms with van der Waals surface area (Å²) in [5.41, 5.74) is 5.39. The first kappa shape index (κ1) is 14.4. The largest absolute Gasteiger partial charge is 0.408 e. The van der Waals surface area contributed by atoms with Crippen LogP contribution in [0.15, 0.2) is 4.42 Å².